The number of likely N-dealkylation sites (tertiary alicyclic amines) is 1. The molecule has 0 aliphatic carbocycles. The van der Waals surface area contributed by atoms with E-state index in [4.69, 9.17) is 4.74 Å². The van der Waals surface area contributed by atoms with Gasteiger partial charge in [0.1, 0.15) is 5.41 Å². The minimum atomic E-state index is -0.970. The topological polar surface area (TPSA) is 82.6 Å². The lowest BCUT2D eigenvalue weighted by Crippen LogP contribution is -2.40. The Morgan fingerprint density at radius 1 is 1.40 bits per heavy atom. The number of aromatic amines is 1. The number of methoxy groups -OCH3 is 1. The Hall–Kier alpha value is -2.34. The highest BCUT2D eigenvalue weighted by Gasteiger charge is 2.46. The zero-order chi connectivity index (χ0) is 18.0. The number of fused-ring (bicyclic) bond motifs is 1. The quantitative estimate of drug-likeness (QED) is 0.843. The van der Waals surface area contributed by atoms with Gasteiger partial charge in [0.2, 0.25) is 5.91 Å². The van der Waals surface area contributed by atoms with Crippen LogP contribution in [0.3, 0.4) is 0 Å². The van der Waals surface area contributed by atoms with E-state index in [1.807, 2.05) is 12.3 Å². The molecule has 1 aliphatic rings. The standard InChI is InChI=1S/C19H24N2O4/c1-13-4-3-5-15-14(10-20-17(13)15)6-7-16(22)21-9-8-19(11-21,12-25-2)18(23)24/h3-5,10,20H,6-9,11-12H2,1-2H3,(H,23,24). The molecule has 1 aliphatic heterocycles. The summed E-state index contributed by atoms with van der Waals surface area (Å²) in [6, 6.07) is 6.13. The molecule has 0 saturated carbocycles. The summed E-state index contributed by atoms with van der Waals surface area (Å²) in [5.74, 6) is -0.891. The second-order valence-corrected chi connectivity index (χ2v) is 6.90. The van der Waals surface area contributed by atoms with Gasteiger partial charge in [-0.15, -0.1) is 0 Å². The number of carboxylic acid groups (broad SMARTS) is 1. The summed E-state index contributed by atoms with van der Waals surface area (Å²) in [6.07, 6.45) is 3.42. The van der Waals surface area contributed by atoms with Gasteiger partial charge in [-0.3, -0.25) is 9.59 Å². The Bertz CT molecular complexity index is 798. The van der Waals surface area contributed by atoms with Crippen molar-refractivity contribution in [3.8, 4) is 0 Å². The van der Waals surface area contributed by atoms with Crippen LogP contribution in [0.4, 0.5) is 0 Å². The van der Waals surface area contributed by atoms with Crippen LogP contribution in [-0.2, 0) is 20.7 Å². The van der Waals surface area contributed by atoms with Crippen molar-refractivity contribution < 1.29 is 19.4 Å². The largest absolute Gasteiger partial charge is 0.481 e. The molecule has 2 N–H and O–H groups in total. The van der Waals surface area contributed by atoms with Crippen molar-refractivity contribution in [1.82, 2.24) is 9.88 Å². The third-order valence-electron chi connectivity index (χ3n) is 5.20. The molecule has 25 heavy (non-hydrogen) atoms. The molecule has 2 heterocycles. The van der Waals surface area contributed by atoms with Gasteiger partial charge in [-0.05, 0) is 30.9 Å². The fraction of sp³-hybridized carbons (Fsp3) is 0.474. The molecule has 1 unspecified atom stereocenters. The highest BCUT2D eigenvalue weighted by atomic mass is 16.5. The highest BCUT2D eigenvalue weighted by Crippen LogP contribution is 2.32. The number of para-hydroxylation sites is 1. The van der Waals surface area contributed by atoms with Gasteiger partial charge in [0, 0.05) is 43.7 Å². The molecule has 0 spiro atoms. The normalized spacial score (nSPS) is 20.3. The number of carbonyl (C=O) groups is 2. The number of ether oxygens (including phenoxy) is 1. The number of benzene rings is 1. The van der Waals surface area contributed by atoms with Gasteiger partial charge in [-0.25, -0.2) is 0 Å². The van der Waals surface area contributed by atoms with Crippen molar-refractivity contribution in [3.05, 3.63) is 35.5 Å². The first-order valence-corrected chi connectivity index (χ1v) is 8.52. The summed E-state index contributed by atoms with van der Waals surface area (Å²) < 4.78 is 5.07. The smallest absolute Gasteiger partial charge is 0.313 e. The van der Waals surface area contributed by atoms with E-state index in [0.29, 0.717) is 25.8 Å². The summed E-state index contributed by atoms with van der Waals surface area (Å²) >= 11 is 0. The van der Waals surface area contributed by atoms with E-state index in [0.717, 1.165) is 16.5 Å². The first-order chi connectivity index (χ1) is 12.0. The van der Waals surface area contributed by atoms with Crippen molar-refractivity contribution in [1.29, 1.82) is 0 Å². The maximum atomic E-state index is 12.5. The number of nitrogens with one attached hydrogen (secondary N) is 1. The number of nitrogens with zero attached hydrogens (tertiary/aromatic N) is 1. The number of amides is 1. The first-order valence-electron chi connectivity index (χ1n) is 8.52. The van der Waals surface area contributed by atoms with E-state index in [2.05, 4.69) is 24.0 Å². The molecule has 3 rings (SSSR count). The van der Waals surface area contributed by atoms with Crippen molar-refractivity contribution in [2.75, 3.05) is 26.8 Å². The van der Waals surface area contributed by atoms with Crippen LogP contribution in [0.25, 0.3) is 10.9 Å². The van der Waals surface area contributed by atoms with Crippen LogP contribution in [0.15, 0.2) is 24.4 Å². The maximum absolute atomic E-state index is 12.5. The van der Waals surface area contributed by atoms with E-state index in [9.17, 15) is 14.7 Å². The number of hydrogen-bond acceptors (Lipinski definition) is 3. The van der Waals surface area contributed by atoms with E-state index in [-0.39, 0.29) is 19.1 Å². The predicted octanol–water partition coefficient (Wildman–Crippen LogP) is 2.36. The third kappa shape index (κ3) is 3.26. The third-order valence-corrected chi connectivity index (χ3v) is 5.20. The molecular formula is C19H24N2O4. The number of aromatic nitrogens is 1. The lowest BCUT2D eigenvalue weighted by molar-refractivity contribution is -0.151. The summed E-state index contributed by atoms with van der Waals surface area (Å²) in [7, 11) is 1.49. The van der Waals surface area contributed by atoms with Crippen molar-refractivity contribution >= 4 is 22.8 Å². The summed E-state index contributed by atoms with van der Waals surface area (Å²) in [5, 5.41) is 10.6. The molecule has 1 saturated heterocycles. The molecular weight excluding hydrogens is 320 g/mol. The van der Waals surface area contributed by atoms with Gasteiger partial charge in [0.05, 0.1) is 6.61 Å². The van der Waals surface area contributed by atoms with Crippen LogP contribution in [-0.4, -0.2) is 53.7 Å². The van der Waals surface area contributed by atoms with Crippen molar-refractivity contribution in [2.24, 2.45) is 5.41 Å². The predicted molar refractivity (Wildman–Crippen MR) is 94.5 cm³/mol. The number of H-pyrrole nitrogens is 1. The molecule has 1 amide bonds. The van der Waals surface area contributed by atoms with Crippen LogP contribution >= 0.6 is 0 Å². The molecule has 0 radical (unpaired) electrons. The van der Waals surface area contributed by atoms with Crippen LogP contribution < -0.4 is 0 Å². The van der Waals surface area contributed by atoms with Crippen LogP contribution in [0.2, 0.25) is 0 Å². The van der Waals surface area contributed by atoms with E-state index >= 15 is 0 Å². The number of carboxylic acids is 1. The average Bonchev–Trinajstić information content (AvgIpc) is 3.19. The van der Waals surface area contributed by atoms with Crippen LogP contribution in [0.1, 0.15) is 24.0 Å². The minimum Gasteiger partial charge on any atom is -0.481 e. The zero-order valence-electron chi connectivity index (χ0n) is 14.7. The number of aryl methyl sites for hydroxylation is 2. The lowest BCUT2D eigenvalue weighted by atomic mass is 9.88. The van der Waals surface area contributed by atoms with Gasteiger partial charge in [-0.1, -0.05) is 18.2 Å². The van der Waals surface area contributed by atoms with Crippen molar-refractivity contribution in [2.45, 2.75) is 26.2 Å². The Balaban J connectivity index is 1.65. The maximum Gasteiger partial charge on any atom is 0.313 e. The summed E-state index contributed by atoms with van der Waals surface area (Å²) in [4.78, 5) is 29.1. The molecule has 1 aromatic carbocycles. The number of carbonyl (C=O) groups excluding carboxylic acids is 1. The molecule has 1 aromatic heterocycles. The van der Waals surface area contributed by atoms with E-state index < -0.39 is 11.4 Å². The second kappa shape index (κ2) is 6.88. The SMILES string of the molecule is COCC1(C(=O)O)CCN(C(=O)CCc2c[nH]c3c(C)cccc23)C1. The number of rotatable bonds is 6. The van der Waals surface area contributed by atoms with E-state index in [1.54, 1.807) is 4.90 Å². The van der Waals surface area contributed by atoms with E-state index in [1.165, 1.54) is 12.7 Å². The molecule has 0 bridgehead atoms. The lowest BCUT2D eigenvalue weighted by Gasteiger charge is -2.23. The molecule has 6 nitrogen and oxygen atoms in total. The Morgan fingerprint density at radius 2 is 2.20 bits per heavy atom. The van der Waals surface area contributed by atoms with Gasteiger partial charge in [-0.2, -0.15) is 0 Å². The summed E-state index contributed by atoms with van der Waals surface area (Å²) in [6.45, 7) is 2.89. The fourth-order valence-electron chi connectivity index (χ4n) is 3.69. The van der Waals surface area contributed by atoms with Crippen molar-refractivity contribution in [3.63, 3.8) is 0 Å². The monoisotopic (exact) mass is 344 g/mol. The zero-order valence-corrected chi connectivity index (χ0v) is 14.7. The molecule has 6 heteroatoms. The van der Waals surface area contributed by atoms with Crippen LogP contribution in [0.5, 0.6) is 0 Å². The molecule has 1 fully saturated rings. The highest BCUT2D eigenvalue weighted by molar-refractivity contribution is 5.87. The Morgan fingerprint density at radius 3 is 2.92 bits per heavy atom. The first kappa shape index (κ1) is 17.5. The van der Waals surface area contributed by atoms with Crippen LogP contribution in [0, 0.1) is 12.3 Å². The molecule has 2 aromatic rings. The van der Waals surface area contributed by atoms with Gasteiger partial charge in [0.25, 0.3) is 0 Å². The number of aliphatic carboxylic acids is 1. The Labute approximate surface area is 146 Å². The molecule has 1 atom stereocenters. The Kier molecular flexibility index (Phi) is 4.81. The molecule has 134 valence electrons. The fourth-order valence-corrected chi connectivity index (χ4v) is 3.69. The average molecular weight is 344 g/mol. The van der Waals surface area contributed by atoms with Gasteiger partial charge < -0.3 is 19.7 Å². The number of hydrogen-bond donors (Lipinski definition) is 2. The summed E-state index contributed by atoms with van der Waals surface area (Å²) in [5.41, 5.74) is 2.44. The second-order valence-electron chi connectivity index (χ2n) is 6.90. The van der Waals surface area contributed by atoms with Gasteiger partial charge >= 0.3 is 5.97 Å². The minimum absolute atomic E-state index is 0.00114. The van der Waals surface area contributed by atoms with Gasteiger partial charge in [0.15, 0.2) is 0 Å².